The minimum absolute atomic E-state index is 0.0142. The van der Waals surface area contributed by atoms with Gasteiger partial charge in [-0.15, -0.1) is 0 Å². The van der Waals surface area contributed by atoms with E-state index in [2.05, 4.69) is 22.0 Å². The Kier molecular flexibility index (Phi) is 4.38. The lowest BCUT2D eigenvalue weighted by atomic mass is 10.1. The Hall–Kier alpha value is -1.61. The molecule has 0 N–H and O–H groups in total. The number of para-hydroxylation sites is 1. The van der Waals surface area contributed by atoms with Gasteiger partial charge < -0.3 is 4.74 Å². The van der Waals surface area contributed by atoms with Crippen molar-refractivity contribution in [1.82, 2.24) is 0 Å². The Morgan fingerprint density at radius 1 is 1.11 bits per heavy atom. The molecule has 0 aliphatic heterocycles. The van der Waals surface area contributed by atoms with Gasteiger partial charge in [0.05, 0.1) is 10.9 Å². The van der Waals surface area contributed by atoms with Gasteiger partial charge in [-0.2, -0.15) is 0 Å². The number of rotatable bonds is 4. The van der Waals surface area contributed by atoms with Gasteiger partial charge in [-0.1, -0.05) is 45.8 Å². The van der Waals surface area contributed by atoms with Gasteiger partial charge in [0.15, 0.2) is 5.78 Å². The third-order valence-corrected chi connectivity index (χ3v) is 3.37. The van der Waals surface area contributed by atoms with Crippen molar-refractivity contribution in [2.45, 2.75) is 13.8 Å². The molecule has 2 nitrogen and oxygen atoms in total. The maximum Gasteiger partial charge on any atom is 0.177 e. The first-order chi connectivity index (χ1) is 9.11. The Morgan fingerprint density at radius 2 is 1.84 bits per heavy atom. The summed E-state index contributed by atoms with van der Waals surface area (Å²) in [6.45, 7) is 4.04. The summed E-state index contributed by atoms with van der Waals surface area (Å²) in [5.74, 6) is 1.39. The molecule has 0 radical (unpaired) electrons. The molecule has 98 valence electrons. The van der Waals surface area contributed by atoms with Crippen molar-refractivity contribution in [3.05, 3.63) is 59.2 Å². The predicted octanol–water partition coefficient (Wildman–Crippen LogP) is 4.67. The third kappa shape index (κ3) is 3.24. The summed E-state index contributed by atoms with van der Waals surface area (Å²) in [5.41, 5.74) is 2.84. The minimum Gasteiger partial charge on any atom is -0.456 e. The summed E-state index contributed by atoms with van der Waals surface area (Å²) in [7, 11) is 0. The number of hydrogen-bond acceptors (Lipinski definition) is 2. The monoisotopic (exact) mass is 320 g/mol. The number of carbonyl (C=O) groups excluding carboxylic acids is 1. The van der Waals surface area contributed by atoms with Crippen molar-refractivity contribution in [2.24, 2.45) is 0 Å². The number of carbonyl (C=O) groups is 1. The molecule has 0 aliphatic carbocycles. The van der Waals surface area contributed by atoms with Crippen LogP contribution in [-0.2, 0) is 0 Å². The average molecular weight is 321 g/mol. The van der Waals surface area contributed by atoms with Gasteiger partial charge in [-0.25, -0.2) is 0 Å². The topological polar surface area (TPSA) is 26.3 Å². The van der Waals surface area contributed by atoms with E-state index in [9.17, 15) is 4.79 Å². The molecule has 0 bridgehead atoms. The van der Waals surface area contributed by atoms with E-state index in [1.54, 1.807) is 6.07 Å². The highest BCUT2D eigenvalue weighted by atomic mass is 79.9. The quantitative estimate of drug-likeness (QED) is 0.604. The minimum atomic E-state index is 0.0142. The lowest BCUT2D eigenvalue weighted by molar-refractivity contribution is 0.102. The van der Waals surface area contributed by atoms with Gasteiger partial charge >= 0.3 is 0 Å². The number of ether oxygens (including phenoxy) is 1. The van der Waals surface area contributed by atoms with E-state index in [1.165, 1.54) is 5.56 Å². The second-order valence-corrected chi connectivity index (χ2v) is 4.98. The number of alkyl halides is 1. The summed E-state index contributed by atoms with van der Waals surface area (Å²) in [4.78, 5) is 11.8. The van der Waals surface area contributed by atoms with E-state index in [-0.39, 0.29) is 5.78 Å². The average Bonchev–Trinajstić information content (AvgIpc) is 2.41. The summed E-state index contributed by atoms with van der Waals surface area (Å²) in [6, 6.07) is 13.3. The second-order valence-electron chi connectivity index (χ2n) is 4.42. The lowest BCUT2D eigenvalue weighted by Crippen LogP contribution is -2.02. The fourth-order valence-corrected chi connectivity index (χ4v) is 2.19. The van der Waals surface area contributed by atoms with E-state index >= 15 is 0 Å². The molecule has 0 unspecified atom stereocenters. The molecule has 2 aromatic carbocycles. The Bertz CT molecular complexity index is 605. The predicted molar refractivity (Wildman–Crippen MR) is 80.6 cm³/mol. The van der Waals surface area contributed by atoms with Crippen LogP contribution in [0.4, 0.5) is 0 Å². The Labute approximate surface area is 121 Å². The highest BCUT2D eigenvalue weighted by Gasteiger charge is 2.12. The van der Waals surface area contributed by atoms with Gasteiger partial charge in [0, 0.05) is 0 Å². The molecule has 0 amide bonds. The van der Waals surface area contributed by atoms with Gasteiger partial charge in [-0.05, 0) is 37.6 Å². The maximum atomic E-state index is 11.8. The number of Topliss-reactive ketones (excluding diaryl/α,β-unsaturated/α-hetero) is 1. The van der Waals surface area contributed by atoms with Crippen LogP contribution in [0.3, 0.4) is 0 Å². The van der Waals surface area contributed by atoms with Crippen LogP contribution in [0.5, 0.6) is 11.5 Å². The van der Waals surface area contributed by atoms with Crippen molar-refractivity contribution in [3.63, 3.8) is 0 Å². The van der Waals surface area contributed by atoms with Crippen LogP contribution < -0.4 is 4.74 Å². The van der Waals surface area contributed by atoms with Crippen LogP contribution in [0.2, 0.25) is 0 Å². The molecule has 0 saturated carbocycles. The van der Waals surface area contributed by atoms with Crippen molar-refractivity contribution < 1.29 is 9.53 Å². The zero-order chi connectivity index (χ0) is 13.8. The third-order valence-electron chi connectivity index (χ3n) is 2.86. The SMILES string of the molecule is Cc1ccc(Oc2ccccc2C(=O)[14CH2]Br)c(C)c1. The maximum absolute atomic E-state index is 11.8. The molecular weight excluding hydrogens is 306 g/mol. The smallest absolute Gasteiger partial charge is 0.177 e. The number of ketones is 1. The molecule has 2 aromatic rings. The fourth-order valence-electron chi connectivity index (χ4n) is 1.89. The zero-order valence-electron chi connectivity index (χ0n) is 10.9. The fraction of sp³-hybridized carbons (Fsp3) is 0.188. The van der Waals surface area contributed by atoms with Gasteiger partial charge in [0.1, 0.15) is 11.5 Å². The molecule has 2 rings (SSSR count). The van der Waals surface area contributed by atoms with E-state index in [0.717, 1.165) is 11.3 Å². The van der Waals surface area contributed by atoms with Crippen LogP contribution >= 0.6 is 15.9 Å². The summed E-state index contributed by atoms with van der Waals surface area (Å²) < 4.78 is 5.88. The molecule has 0 spiro atoms. The molecule has 0 fully saturated rings. The highest BCUT2D eigenvalue weighted by molar-refractivity contribution is 9.09. The molecule has 19 heavy (non-hydrogen) atoms. The zero-order valence-corrected chi connectivity index (χ0v) is 12.5. The summed E-state index contributed by atoms with van der Waals surface area (Å²) >= 11 is 3.19. The van der Waals surface area contributed by atoms with Crippen molar-refractivity contribution in [3.8, 4) is 11.5 Å². The summed E-state index contributed by atoms with van der Waals surface area (Å²) in [5, 5.41) is 0.292. The lowest BCUT2D eigenvalue weighted by Gasteiger charge is -2.12. The Balaban J connectivity index is 2.35. The van der Waals surface area contributed by atoms with Crippen LogP contribution in [0.25, 0.3) is 0 Å². The number of halogens is 1. The standard InChI is InChI=1S/C16H15BrO2/c1-11-7-8-15(12(2)9-11)19-16-6-4-3-5-13(16)14(18)10-17/h3-9H,10H2,1-2H3/i10+2. The van der Waals surface area contributed by atoms with E-state index in [1.807, 2.05) is 44.2 Å². The molecule has 0 aliphatic rings. The van der Waals surface area contributed by atoms with Crippen LogP contribution in [0.15, 0.2) is 42.5 Å². The highest BCUT2D eigenvalue weighted by Crippen LogP contribution is 2.28. The number of aryl methyl sites for hydroxylation is 2. The summed E-state index contributed by atoms with van der Waals surface area (Å²) in [6.07, 6.45) is 0. The van der Waals surface area contributed by atoms with Crippen LogP contribution in [0.1, 0.15) is 21.5 Å². The van der Waals surface area contributed by atoms with Crippen molar-refractivity contribution in [2.75, 3.05) is 5.33 Å². The van der Waals surface area contributed by atoms with E-state index in [4.69, 9.17) is 4.74 Å². The van der Waals surface area contributed by atoms with Gasteiger partial charge in [-0.3, -0.25) is 4.79 Å². The first-order valence-electron chi connectivity index (χ1n) is 6.05. The van der Waals surface area contributed by atoms with Gasteiger partial charge in [0.2, 0.25) is 0 Å². The molecule has 0 saturated heterocycles. The largest absolute Gasteiger partial charge is 0.456 e. The molecule has 0 heterocycles. The Morgan fingerprint density at radius 3 is 2.53 bits per heavy atom. The van der Waals surface area contributed by atoms with E-state index < -0.39 is 0 Å². The van der Waals surface area contributed by atoms with Crippen molar-refractivity contribution >= 4 is 21.7 Å². The number of hydrogen-bond donors (Lipinski definition) is 0. The first-order valence-corrected chi connectivity index (χ1v) is 7.17. The van der Waals surface area contributed by atoms with Gasteiger partial charge in [0.25, 0.3) is 0 Å². The van der Waals surface area contributed by atoms with E-state index in [0.29, 0.717) is 16.6 Å². The first kappa shape index (κ1) is 13.8. The molecule has 3 heteroatoms. The molecule has 0 aromatic heterocycles. The van der Waals surface area contributed by atoms with Crippen LogP contribution in [-0.4, -0.2) is 11.1 Å². The number of benzene rings is 2. The van der Waals surface area contributed by atoms with Crippen molar-refractivity contribution in [1.29, 1.82) is 0 Å². The normalized spacial score (nSPS) is 10.3. The molecule has 0 atom stereocenters. The van der Waals surface area contributed by atoms with Crippen LogP contribution in [0, 0.1) is 13.8 Å². The second kappa shape index (κ2) is 6.02. The molecular formula is C16H15BrO2.